The normalized spacial score (nSPS) is 27.2. The van der Waals surface area contributed by atoms with E-state index >= 15 is 0 Å². The van der Waals surface area contributed by atoms with Crippen LogP contribution >= 0.6 is 0 Å². The Balaban J connectivity index is 1.60. The Kier molecular flexibility index (Phi) is 3.79. The minimum absolute atomic E-state index is 0.214. The van der Waals surface area contributed by atoms with Crippen molar-refractivity contribution >= 4 is 5.91 Å². The van der Waals surface area contributed by atoms with Crippen LogP contribution in [0.4, 0.5) is 0 Å². The van der Waals surface area contributed by atoms with Crippen molar-refractivity contribution in [3.05, 3.63) is 35.9 Å². The van der Waals surface area contributed by atoms with Crippen LogP contribution < -0.4 is 11.1 Å². The summed E-state index contributed by atoms with van der Waals surface area (Å²) in [4.78, 5) is 12.5. The number of carbonyl (C=O) groups is 1. The molecule has 3 nitrogen and oxygen atoms in total. The molecule has 2 atom stereocenters. The largest absolute Gasteiger partial charge is 0.355 e. The number of nitrogens with one attached hydrogen (secondary N) is 1. The van der Waals surface area contributed by atoms with Gasteiger partial charge in [0, 0.05) is 6.54 Å². The molecule has 1 aromatic carbocycles. The van der Waals surface area contributed by atoms with Gasteiger partial charge in [0.05, 0.1) is 5.41 Å². The third-order valence-corrected chi connectivity index (χ3v) is 5.16. The number of benzene rings is 1. The van der Waals surface area contributed by atoms with Crippen molar-refractivity contribution in [3.8, 4) is 0 Å². The number of rotatable bonds is 5. The number of hydrogen-bond donors (Lipinski definition) is 2. The van der Waals surface area contributed by atoms with Crippen molar-refractivity contribution in [2.45, 2.75) is 37.5 Å². The van der Waals surface area contributed by atoms with E-state index in [2.05, 4.69) is 17.4 Å². The van der Waals surface area contributed by atoms with Gasteiger partial charge in [-0.25, -0.2) is 0 Å². The predicted molar refractivity (Wildman–Crippen MR) is 80.2 cm³/mol. The second kappa shape index (κ2) is 5.57. The molecule has 3 N–H and O–H groups in total. The van der Waals surface area contributed by atoms with Crippen LogP contribution in [0.5, 0.6) is 0 Å². The molecule has 0 radical (unpaired) electrons. The van der Waals surface area contributed by atoms with Crippen molar-refractivity contribution in [1.29, 1.82) is 0 Å². The lowest BCUT2D eigenvalue weighted by atomic mass is 9.93. The van der Waals surface area contributed by atoms with Crippen molar-refractivity contribution in [2.75, 3.05) is 13.1 Å². The smallest absolute Gasteiger partial charge is 0.230 e. The molecule has 2 aliphatic rings. The van der Waals surface area contributed by atoms with Gasteiger partial charge in [0.25, 0.3) is 0 Å². The number of carbonyl (C=O) groups excluding carboxylic acids is 1. The first kappa shape index (κ1) is 13.6. The maximum Gasteiger partial charge on any atom is 0.230 e. The van der Waals surface area contributed by atoms with E-state index in [0.717, 1.165) is 25.9 Å². The van der Waals surface area contributed by atoms with E-state index in [4.69, 9.17) is 5.73 Å². The van der Waals surface area contributed by atoms with Crippen LogP contribution in [0.3, 0.4) is 0 Å². The first-order valence-corrected chi connectivity index (χ1v) is 7.80. The first-order chi connectivity index (χ1) is 9.76. The molecule has 0 aromatic heterocycles. The highest BCUT2D eigenvalue weighted by Gasteiger charge is 2.51. The van der Waals surface area contributed by atoms with Gasteiger partial charge in [-0.15, -0.1) is 0 Å². The van der Waals surface area contributed by atoms with E-state index in [1.807, 2.05) is 18.2 Å². The molecule has 0 aliphatic heterocycles. The fraction of sp³-hybridized carbons (Fsp3) is 0.588. The molecule has 1 aromatic rings. The van der Waals surface area contributed by atoms with Crippen LogP contribution in [0, 0.1) is 11.8 Å². The van der Waals surface area contributed by atoms with Crippen molar-refractivity contribution in [2.24, 2.45) is 17.6 Å². The fourth-order valence-electron chi connectivity index (χ4n) is 3.61. The topological polar surface area (TPSA) is 55.1 Å². The van der Waals surface area contributed by atoms with Crippen LogP contribution in [0.1, 0.15) is 37.7 Å². The Morgan fingerprint density at radius 1 is 1.20 bits per heavy atom. The van der Waals surface area contributed by atoms with Gasteiger partial charge in [-0.05, 0) is 49.6 Å². The summed E-state index contributed by atoms with van der Waals surface area (Å²) in [6.07, 6.45) is 5.65. The van der Waals surface area contributed by atoms with Crippen molar-refractivity contribution < 1.29 is 4.79 Å². The standard InChI is InChI=1S/C17H24N2O/c18-11-13-5-4-6-14(13)12-19-16(20)17(9-10-17)15-7-2-1-3-8-15/h1-3,7-8,13-14H,4-6,9-12,18H2,(H,19,20). The monoisotopic (exact) mass is 272 g/mol. The predicted octanol–water partition coefficient (Wildman–Crippen LogP) is 2.21. The van der Waals surface area contributed by atoms with Crippen LogP contribution in [-0.4, -0.2) is 19.0 Å². The van der Waals surface area contributed by atoms with Gasteiger partial charge < -0.3 is 11.1 Å². The SMILES string of the molecule is NCC1CCCC1CNC(=O)C1(c2ccccc2)CC1. The summed E-state index contributed by atoms with van der Waals surface area (Å²) in [6.45, 7) is 1.56. The van der Waals surface area contributed by atoms with Crippen LogP contribution in [0.2, 0.25) is 0 Å². The minimum Gasteiger partial charge on any atom is -0.355 e. The Bertz CT molecular complexity index is 467. The van der Waals surface area contributed by atoms with E-state index in [0.29, 0.717) is 11.8 Å². The lowest BCUT2D eigenvalue weighted by Gasteiger charge is -2.21. The zero-order chi connectivity index (χ0) is 14.0. The van der Waals surface area contributed by atoms with E-state index in [-0.39, 0.29) is 11.3 Å². The highest BCUT2D eigenvalue weighted by Crippen LogP contribution is 2.48. The summed E-state index contributed by atoms with van der Waals surface area (Å²) in [6, 6.07) is 10.2. The molecule has 0 spiro atoms. The van der Waals surface area contributed by atoms with Gasteiger partial charge in [0.2, 0.25) is 5.91 Å². The second-order valence-electron chi connectivity index (χ2n) is 6.34. The Labute approximate surface area is 120 Å². The van der Waals surface area contributed by atoms with Gasteiger partial charge >= 0.3 is 0 Å². The molecule has 0 saturated heterocycles. The number of nitrogens with two attached hydrogens (primary N) is 1. The highest BCUT2D eigenvalue weighted by molar-refractivity contribution is 5.91. The summed E-state index contributed by atoms with van der Waals surface area (Å²) >= 11 is 0. The Morgan fingerprint density at radius 3 is 2.55 bits per heavy atom. The molecule has 2 aliphatic carbocycles. The summed E-state index contributed by atoms with van der Waals surface area (Å²) in [7, 11) is 0. The zero-order valence-corrected chi connectivity index (χ0v) is 12.0. The van der Waals surface area contributed by atoms with Crippen molar-refractivity contribution in [1.82, 2.24) is 5.32 Å². The van der Waals surface area contributed by atoms with E-state index < -0.39 is 0 Å². The molecule has 2 unspecified atom stereocenters. The van der Waals surface area contributed by atoms with Gasteiger partial charge in [-0.3, -0.25) is 4.79 Å². The summed E-state index contributed by atoms with van der Waals surface area (Å²) in [5.74, 6) is 1.39. The van der Waals surface area contributed by atoms with Crippen LogP contribution in [-0.2, 0) is 10.2 Å². The fourth-order valence-corrected chi connectivity index (χ4v) is 3.61. The van der Waals surface area contributed by atoms with E-state index in [9.17, 15) is 4.79 Å². The number of hydrogen-bond acceptors (Lipinski definition) is 2. The van der Waals surface area contributed by atoms with Gasteiger partial charge in [-0.2, -0.15) is 0 Å². The zero-order valence-electron chi connectivity index (χ0n) is 12.0. The molecule has 2 fully saturated rings. The lowest BCUT2D eigenvalue weighted by Crippen LogP contribution is -2.39. The molecule has 3 heteroatoms. The molecule has 0 heterocycles. The van der Waals surface area contributed by atoms with Gasteiger partial charge in [0.1, 0.15) is 0 Å². The molecule has 2 saturated carbocycles. The van der Waals surface area contributed by atoms with Crippen LogP contribution in [0.25, 0.3) is 0 Å². The van der Waals surface area contributed by atoms with Crippen LogP contribution in [0.15, 0.2) is 30.3 Å². The minimum atomic E-state index is -0.238. The molecule has 20 heavy (non-hydrogen) atoms. The first-order valence-electron chi connectivity index (χ1n) is 7.80. The second-order valence-corrected chi connectivity index (χ2v) is 6.34. The third-order valence-electron chi connectivity index (χ3n) is 5.16. The Hall–Kier alpha value is -1.35. The highest BCUT2D eigenvalue weighted by atomic mass is 16.2. The lowest BCUT2D eigenvalue weighted by molar-refractivity contribution is -0.123. The van der Waals surface area contributed by atoms with E-state index in [1.54, 1.807) is 0 Å². The molecule has 1 amide bonds. The average Bonchev–Trinajstić information content (AvgIpc) is 3.19. The quantitative estimate of drug-likeness (QED) is 0.863. The average molecular weight is 272 g/mol. The molecular formula is C17H24N2O. The Morgan fingerprint density at radius 2 is 1.90 bits per heavy atom. The molecular weight excluding hydrogens is 248 g/mol. The maximum atomic E-state index is 12.5. The van der Waals surface area contributed by atoms with Gasteiger partial charge in [0.15, 0.2) is 0 Å². The van der Waals surface area contributed by atoms with E-state index in [1.165, 1.54) is 24.8 Å². The maximum absolute atomic E-state index is 12.5. The summed E-state index contributed by atoms with van der Waals surface area (Å²) in [5, 5.41) is 3.20. The molecule has 3 rings (SSSR count). The summed E-state index contributed by atoms with van der Waals surface area (Å²) in [5.41, 5.74) is 6.74. The van der Waals surface area contributed by atoms with Gasteiger partial charge in [-0.1, -0.05) is 36.8 Å². The van der Waals surface area contributed by atoms with Crippen molar-refractivity contribution in [3.63, 3.8) is 0 Å². The molecule has 108 valence electrons. The third kappa shape index (κ3) is 2.47. The molecule has 0 bridgehead atoms. The summed E-state index contributed by atoms with van der Waals surface area (Å²) < 4.78 is 0. The number of amides is 1.